The second kappa shape index (κ2) is 5.29. The summed E-state index contributed by atoms with van der Waals surface area (Å²) in [4.78, 5) is 6.49. The average molecular weight is 276 g/mol. The Labute approximate surface area is 111 Å². The summed E-state index contributed by atoms with van der Waals surface area (Å²) in [5, 5.41) is 13.1. The highest BCUT2D eigenvalue weighted by molar-refractivity contribution is 6.37. The van der Waals surface area contributed by atoms with Gasteiger partial charge in [0, 0.05) is 32.7 Å². The van der Waals surface area contributed by atoms with Gasteiger partial charge in [0.1, 0.15) is 11.6 Å². The van der Waals surface area contributed by atoms with Gasteiger partial charge in [-0.15, -0.1) is 0 Å². The van der Waals surface area contributed by atoms with Gasteiger partial charge in [0.25, 0.3) is 0 Å². The molecule has 94 valence electrons. The van der Waals surface area contributed by atoms with Crippen LogP contribution < -0.4 is 10.2 Å². The van der Waals surface area contributed by atoms with Crippen LogP contribution in [-0.4, -0.2) is 36.8 Å². The Balaban J connectivity index is 2.26. The second-order valence-corrected chi connectivity index (χ2v) is 4.97. The Hall–Kier alpha value is -0.710. The fourth-order valence-corrected chi connectivity index (χ4v) is 2.60. The van der Waals surface area contributed by atoms with Crippen LogP contribution in [0.15, 0.2) is 6.07 Å². The minimum atomic E-state index is 0.209. The zero-order valence-electron chi connectivity index (χ0n) is 9.58. The Morgan fingerprint density at radius 1 is 1.53 bits per heavy atom. The van der Waals surface area contributed by atoms with Gasteiger partial charge in [0.05, 0.1) is 10.0 Å². The maximum Gasteiger partial charge on any atom is 0.149 e. The van der Waals surface area contributed by atoms with Crippen molar-refractivity contribution in [2.45, 2.75) is 6.42 Å². The number of nitrogens with one attached hydrogen (secondary N) is 1. The fraction of sp³-hybridized carbons (Fsp3) is 0.545. The number of hydrogen-bond acceptors (Lipinski definition) is 4. The molecule has 4 nitrogen and oxygen atoms in total. The molecule has 0 spiro atoms. The van der Waals surface area contributed by atoms with Gasteiger partial charge in [-0.25, -0.2) is 4.98 Å². The molecule has 1 fully saturated rings. The number of aromatic nitrogens is 1. The molecule has 2 heterocycles. The highest BCUT2D eigenvalue weighted by Crippen LogP contribution is 2.33. The third-order valence-corrected chi connectivity index (χ3v) is 3.56. The molecule has 2 N–H and O–H groups in total. The van der Waals surface area contributed by atoms with E-state index in [1.165, 1.54) is 0 Å². The largest absolute Gasteiger partial charge is 0.396 e. The van der Waals surface area contributed by atoms with Crippen molar-refractivity contribution < 1.29 is 5.11 Å². The lowest BCUT2D eigenvalue weighted by Crippen LogP contribution is -2.22. The van der Waals surface area contributed by atoms with Crippen LogP contribution in [-0.2, 0) is 0 Å². The molecule has 0 aromatic carbocycles. The molecule has 1 atom stereocenters. The number of rotatable bonds is 3. The molecule has 1 aromatic heterocycles. The van der Waals surface area contributed by atoms with Gasteiger partial charge in [-0.05, 0) is 12.5 Å². The van der Waals surface area contributed by atoms with Crippen molar-refractivity contribution in [1.82, 2.24) is 4.98 Å². The van der Waals surface area contributed by atoms with Gasteiger partial charge in [-0.3, -0.25) is 0 Å². The first-order valence-electron chi connectivity index (χ1n) is 5.55. The van der Waals surface area contributed by atoms with Crippen molar-refractivity contribution in [2.75, 3.05) is 37.0 Å². The summed E-state index contributed by atoms with van der Waals surface area (Å²) in [5.41, 5.74) is 0. The first kappa shape index (κ1) is 12.7. The number of hydrogen-bond donors (Lipinski definition) is 2. The summed E-state index contributed by atoms with van der Waals surface area (Å²) >= 11 is 12.1. The third kappa shape index (κ3) is 2.59. The number of aliphatic hydroxyl groups excluding tert-OH is 1. The van der Waals surface area contributed by atoms with E-state index in [1.807, 2.05) is 0 Å². The van der Waals surface area contributed by atoms with Gasteiger partial charge in [-0.2, -0.15) is 0 Å². The molecule has 1 saturated heterocycles. The van der Waals surface area contributed by atoms with E-state index in [0.717, 1.165) is 25.3 Å². The van der Waals surface area contributed by atoms with E-state index in [2.05, 4.69) is 15.2 Å². The molecule has 1 aliphatic rings. The lowest BCUT2D eigenvalue weighted by atomic mass is 10.1. The van der Waals surface area contributed by atoms with E-state index in [4.69, 9.17) is 28.3 Å². The summed E-state index contributed by atoms with van der Waals surface area (Å²) in [6.07, 6.45) is 0.964. The van der Waals surface area contributed by atoms with Crippen LogP contribution in [0, 0.1) is 5.92 Å². The number of aliphatic hydroxyl groups is 1. The zero-order valence-corrected chi connectivity index (χ0v) is 11.1. The smallest absolute Gasteiger partial charge is 0.149 e. The molecule has 0 radical (unpaired) electrons. The van der Waals surface area contributed by atoms with E-state index >= 15 is 0 Å². The molecular formula is C11H15Cl2N3O. The lowest BCUT2D eigenvalue weighted by molar-refractivity contribution is 0.238. The van der Waals surface area contributed by atoms with Crippen molar-refractivity contribution in [3.8, 4) is 0 Å². The van der Waals surface area contributed by atoms with Crippen LogP contribution in [0.5, 0.6) is 0 Å². The van der Waals surface area contributed by atoms with E-state index in [9.17, 15) is 0 Å². The maximum atomic E-state index is 9.13. The zero-order chi connectivity index (χ0) is 12.4. The average Bonchev–Trinajstić information content (AvgIpc) is 2.78. The predicted octanol–water partition coefficient (Wildman–Crippen LogP) is 2.25. The summed E-state index contributed by atoms with van der Waals surface area (Å²) in [7, 11) is 1.77. The van der Waals surface area contributed by atoms with Crippen LogP contribution in [0.25, 0.3) is 0 Å². The molecule has 1 unspecified atom stereocenters. The minimum absolute atomic E-state index is 0.209. The quantitative estimate of drug-likeness (QED) is 0.889. The summed E-state index contributed by atoms with van der Waals surface area (Å²) in [6, 6.07) is 1.70. The summed E-state index contributed by atoms with van der Waals surface area (Å²) in [5.74, 6) is 1.66. The van der Waals surface area contributed by atoms with E-state index in [1.54, 1.807) is 13.1 Å². The van der Waals surface area contributed by atoms with Crippen molar-refractivity contribution in [2.24, 2.45) is 5.92 Å². The molecule has 0 bridgehead atoms. The van der Waals surface area contributed by atoms with Crippen molar-refractivity contribution in [1.29, 1.82) is 0 Å². The number of anilines is 2. The van der Waals surface area contributed by atoms with Crippen LogP contribution in [0.4, 0.5) is 11.6 Å². The predicted molar refractivity (Wildman–Crippen MR) is 71.2 cm³/mol. The Morgan fingerprint density at radius 2 is 2.29 bits per heavy atom. The highest BCUT2D eigenvalue weighted by atomic mass is 35.5. The minimum Gasteiger partial charge on any atom is -0.396 e. The van der Waals surface area contributed by atoms with Crippen LogP contribution >= 0.6 is 23.2 Å². The summed E-state index contributed by atoms with van der Waals surface area (Å²) in [6.45, 7) is 1.86. The fourth-order valence-electron chi connectivity index (χ4n) is 2.03. The van der Waals surface area contributed by atoms with Gasteiger partial charge < -0.3 is 15.3 Å². The van der Waals surface area contributed by atoms with Gasteiger partial charge in [-0.1, -0.05) is 23.2 Å². The highest BCUT2D eigenvalue weighted by Gasteiger charge is 2.25. The van der Waals surface area contributed by atoms with Crippen LogP contribution in [0.1, 0.15) is 6.42 Å². The first-order valence-corrected chi connectivity index (χ1v) is 6.31. The van der Waals surface area contributed by atoms with Crippen LogP contribution in [0.3, 0.4) is 0 Å². The molecule has 0 aliphatic carbocycles. The van der Waals surface area contributed by atoms with Crippen molar-refractivity contribution in [3.63, 3.8) is 0 Å². The van der Waals surface area contributed by atoms with E-state index in [0.29, 0.717) is 21.8 Å². The second-order valence-electron chi connectivity index (χ2n) is 4.16. The SMILES string of the molecule is CNc1nc(N2CCC(CO)C2)c(Cl)cc1Cl. The van der Waals surface area contributed by atoms with Crippen molar-refractivity contribution >= 4 is 34.8 Å². The van der Waals surface area contributed by atoms with Crippen molar-refractivity contribution in [3.05, 3.63) is 16.1 Å². The third-order valence-electron chi connectivity index (χ3n) is 2.99. The van der Waals surface area contributed by atoms with Gasteiger partial charge >= 0.3 is 0 Å². The molecule has 6 heteroatoms. The lowest BCUT2D eigenvalue weighted by Gasteiger charge is -2.19. The molecule has 17 heavy (non-hydrogen) atoms. The molecule has 2 rings (SSSR count). The topological polar surface area (TPSA) is 48.4 Å². The van der Waals surface area contributed by atoms with E-state index < -0.39 is 0 Å². The number of halogens is 2. The molecule has 0 saturated carbocycles. The van der Waals surface area contributed by atoms with Gasteiger partial charge in [0.2, 0.25) is 0 Å². The molecular weight excluding hydrogens is 261 g/mol. The molecule has 0 amide bonds. The number of nitrogens with zero attached hydrogens (tertiary/aromatic N) is 2. The monoisotopic (exact) mass is 275 g/mol. The van der Waals surface area contributed by atoms with Gasteiger partial charge in [0.15, 0.2) is 0 Å². The first-order chi connectivity index (χ1) is 8.15. The maximum absolute atomic E-state index is 9.13. The van der Waals surface area contributed by atoms with Crippen LogP contribution in [0.2, 0.25) is 10.0 Å². The van der Waals surface area contributed by atoms with E-state index in [-0.39, 0.29) is 6.61 Å². The Morgan fingerprint density at radius 3 is 2.88 bits per heavy atom. The standard InChI is InChI=1S/C11H15Cl2N3O/c1-14-10-8(12)4-9(13)11(15-10)16-3-2-7(5-16)6-17/h4,7,17H,2-3,5-6H2,1H3,(H,14,15). The molecule has 1 aromatic rings. The Kier molecular flexibility index (Phi) is 3.97. The molecule has 1 aliphatic heterocycles. The Bertz CT molecular complexity index is 414. The number of pyridine rings is 1. The normalized spacial score (nSPS) is 19.8. The summed E-state index contributed by atoms with van der Waals surface area (Å²) < 4.78 is 0.